The number of nitrogens with one attached hydrogen (secondary N) is 1. The average Bonchev–Trinajstić information content (AvgIpc) is 2.86. The van der Waals surface area contributed by atoms with Crippen LogP contribution in [0.1, 0.15) is 5.69 Å². The van der Waals surface area contributed by atoms with Gasteiger partial charge in [-0.05, 0) is 13.0 Å². The van der Waals surface area contributed by atoms with Crippen LogP contribution < -0.4 is 4.74 Å². The van der Waals surface area contributed by atoms with Crippen molar-refractivity contribution in [2.45, 2.75) is 31.3 Å². The summed E-state index contributed by atoms with van der Waals surface area (Å²) < 4.78 is 10.8. The molecule has 0 aliphatic carbocycles. The molecule has 1 aliphatic rings. The van der Waals surface area contributed by atoms with Crippen molar-refractivity contribution in [1.29, 1.82) is 0 Å². The molecule has 22 heavy (non-hydrogen) atoms. The lowest BCUT2D eigenvalue weighted by molar-refractivity contribution is -0.189. The number of hydrogen-bond donors (Lipinski definition) is 4. The largest absolute Gasteiger partial charge is 0.456 e. The minimum atomic E-state index is -1.23. The molecule has 1 saturated heterocycles. The standard InChI is InChI=1S/C13H16ClN3O5/c1-5-6(14)2-7-12(15-5)17-13(16-7)22-9-4-21-8(3-18)10(19)11(9)20/h2,8-11,18-20H,3-4H2,1H3,(H,15,16,17). The Morgan fingerprint density at radius 2 is 2.18 bits per heavy atom. The number of H-pyrrole nitrogens is 1. The van der Waals surface area contributed by atoms with E-state index >= 15 is 0 Å². The Bertz CT molecular complexity index is 640. The SMILES string of the molecule is Cc1nc2nc(OC3COC(CO)C(O)C3O)[nH]c2cc1Cl. The Morgan fingerprint density at radius 1 is 1.41 bits per heavy atom. The first-order valence-electron chi connectivity index (χ1n) is 6.77. The molecule has 9 heteroatoms. The van der Waals surface area contributed by atoms with Crippen LogP contribution in [0.2, 0.25) is 5.02 Å². The first kappa shape index (κ1) is 15.4. The number of ether oxygens (including phenoxy) is 2. The molecule has 4 unspecified atom stereocenters. The van der Waals surface area contributed by atoms with E-state index in [0.717, 1.165) is 0 Å². The van der Waals surface area contributed by atoms with Crippen LogP contribution in [-0.4, -0.2) is 67.9 Å². The van der Waals surface area contributed by atoms with Crippen LogP contribution in [0.4, 0.5) is 0 Å². The molecule has 0 aromatic carbocycles. The van der Waals surface area contributed by atoms with Gasteiger partial charge in [-0.25, -0.2) is 4.98 Å². The summed E-state index contributed by atoms with van der Waals surface area (Å²) in [5.74, 6) is 0. The Balaban J connectivity index is 1.78. The second-order valence-electron chi connectivity index (χ2n) is 5.16. The number of fused-ring (bicyclic) bond motifs is 1. The summed E-state index contributed by atoms with van der Waals surface area (Å²) in [4.78, 5) is 11.3. The number of imidazole rings is 1. The van der Waals surface area contributed by atoms with Crippen molar-refractivity contribution < 1.29 is 24.8 Å². The molecule has 0 saturated carbocycles. The van der Waals surface area contributed by atoms with Crippen molar-refractivity contribution in [3.8, 4) is 6.01 Å². The van der Waals surface area contributed by atoms with Crippen molar-refractivity contribution in [1.82, 2.24) is 15.0 Å². The van der Waals surface area contributed by atoms with Gasteiger partial charge >= 0.3 is 0 Å². The minimum Gasteiger partial charge on any atom is -0.456 e. The number of rotatable bonds is 3. The van der Waals surface area contributed by atoms with Crippen LogP contribution in [0.15, 0.2) is 6.07 Å². The maximum Gasteiger partial charge on any atom is 0.296 e. The van der Waals surface area contributed by atoms with Crippen LogP contribution in [-0.2, 0) is 4.74 Å². The summed E-state index contributed by atoms with van der Waals surface area (Å²) >= 11 is 6.00. The van der Waals surface area contributed by atoms with Crippen molar-refractivity contribution >= 4 is 22.8 Å². The molecule has 0 amide bonds. The van der Waals surface area contributed by atoms with Crippen LogP contribution in [0.3, 0.4) is 0 Å². The van der Waals surface area contributed by atoms with E-state index in [2.05, 4.69) is 15.0 Å². The van der Waals surface area contributed by atoms with E-state index in [1.807, 2.05) is 0 Å². The Hall–Kier alpha value is -1.45. The summed E-state index contributed by atoms with van der Waals surface area (Å²) in [7, 11) is 0. The highest BCUT2D eigenvalue weighted by Gasteiger charge is 2.39. The van der Waals surface area contributed by atoms with Gasteiger partial charge in [-0.2, -0.15) is 4.98 Å². The maximum atomic E-state index is 10.0. The van der Waals surface area contributed by atoms with Crippen LogP contribution in [0, 0.1) is 6.92 Å². The summed E-state index contributed by atoms with van der Waals surface area (Å²) in [6.45, 7) is 1.41. The average molecular weight is 330 g/mol. The summed E-state index contributed by atoms with van der Waals surface area (Å²) in [5, 5.41) is 29.4. The lowest BCUT2D eigenvalue weighted by Gasteiger charge is -2.36. The quantitative estimate of drug-likeness (QED) is 0.614. The molecule has 0 bridgehead atoms. The normalized spacial score (nSPS) is 29.0. The number of nitrogens with zero attached hydrogens (tertiary/aromatic N) is 2. The minimum absolute atomic E-state index is 0.0215. The van der Waals surface area contributed by atoms with E-state index in [1.54, 1.807) is 13.0 Å². The van der Waals surface area contributed by atoms with Gasteiger partial charge in [-0.3, -0.25) is 0 Å². The van der Waals surface area contributed by atoms with Gasteiger partial charge in [0.1, 0.15) is 18.3 Å². The number of aliphatic hydroxyl groups is 3. The van der Waals surface area contributed by atoms with Crippen LogP contribution >= 0.6 is 11.6 Å². The molecular formula is C13H16ClN3O5. The molecule has 1 aliphatic heterocycles. The second kappa shape index (κ2) is 5.98. The highest BCUT2D eigenvalue weighted by Crippen LogP contribution is 2.23. The third-order valence-corrected chi connectivity index (χ3v) is 3.99. The first-order chi connectivity index (χ1) is 10.5. The summed E-state index contributed by atoms with van der Waals surface area (Å²) in [6.07, 6.45) is -4.07. The zero-order valence-corrected chi connectivity index (χ0v) is 12.5. The number of pyridine rings is 1. The molecule has 2 aromatic heterocycles. The Morgan fingerprint density at radius 3 is 2.91 bits per heavy atom. The van der Waals surface area contributed by atoms with Gasteiger partial charge < -0.3 is 29.8 Å². The van der Waals surface area contributed by atoms with Gasteiger partial charge in [0.15, 0.2) is 11.8 Å². The Labute approximate surface area is 130 Å². The predicted octanol–water partition coefficient (Wildman–Crippen LogP) is -0.220. The highest BCUT2D eigenvalue weighted by atomic mass is 35.5. The Kier molecular flexibility index (Phi) is 4.20. The highest BCUT2D eigenvalue weighted by molar-refractivity contribution is 6.31. The zero-order chi connectivity index (χ0) is 15.9. The molecule has 1 fully saturated rings. The summed E-state index contributed by atoms with van der Waals surface area (Å²) in [5.41, 5.74) is 1.69. The second-order valence-corrected chi connectivity index (χ2v) is 5.57. The lowest BCUT2D eigenvalue weighted by atomic mass is 10.0. The van der Waals surface area contributed by atoms with Gasteiger partial charge in [-0.15, -0.1) is 0 Å². The number of aliphatic hydroxyl groups excluding tert-OH is 3. The summed E-state index contributed by atoms with van der Waals surface area (Å²) in [6, 6.07) is 1.83. The molecule has 3 heterocycles. The smallest absolute Gasteiger partial charge is 0.296 e. The molecule has 0 spiro atoms. The number of halogens is 1. The van der Waals surface area contributed by atoms with E-state index in [4.69, 9.17) is 26.2 Å². The fourth-order valence-corrected chi connectivity index (χ4v) is 2.46. The fourth-order valence-electron chi connectivity index (χ4n) is 2.30. The monoisotopic (exact) mass is 329 g/mol. The lowest BCUT2D eigenvalue weighted by Crippen LogP contribution is -2.56. The fraction of sp³-hybridized carbons (Fsp3) is 0.538. The molecule has 4 N–H and O–H groups in total. The number of aromatic amines is 1. The molecule has 120 valence electrons. The topological polar surface area (TPSA) is 121 Å². The van der Waals surface area contributed by atoms with Gasteiger partial charge in [0.05, 0.1) is 29.4 Å². The van der Waals surface area contributed by atoms with E-state index in [1.165, 1.54) is 0 Å². The number of aryl methyl sites for hydroxylation is 1. The van der Waals surface area contributed by atoms with Crippen molar-refractivity contribution in [2.75, 3.05) is 13.2 Å². The van der Waals surface area contributed by atoms with Crippen molar-refractivity contribution in [3.63, 3.8) is 0 Å². The first-order valence-corrected chi connectivity index (χ1v) is 7.15. The van der Waals surface area contributed by atoms with Crippen LogP contribution in [0.25, 0.3) is 11.2 Å². The van der Waals surface area contributed by atoms with E-state index < -0.39 is 24.4 Å². The number of aromatic nitrogens is 3. The zero-order valence-electron chi connectivity index (χ0n) is 11.7. The predicted molar refractivity (Wildman–Crippen MR) is 76.9 cm³/mol. The third-order valence-electron chi connectivity index (χ3n) is 3.61. The molecule has 4 atom stereocenters. The molecule has 3 rings (SSSR count). The number of hydrogen-bond acceptors (Lipinski definition) is 7. The van der Waals surface area contributed by atoms with E-state index in [0.29, 0.717) is 21.9 Å². The van der Waals surface area contributed by atoms with Crippen LogP contribution in [0.5, 0.6) is 6.01 Å². The van der Waals surface area contributed by atoms with Gasteiger partial charge in [-0.1, -0.05) is 11.6 Å². The molecular weight excluding hydrogens is 314 g/mol. The van der Waals surface area contributed by atoms with Crippen molar-refractivity contribution in [3.05, 3.63) is 16.8 Å². The van der Waals surface area contributed by atoms with Gasteiger partial charge in [0.25, 0.3) is 6.01 Å². The van der Waals surface area contributed by atoms with Gasteiger partial charge in [0.2, 0.25) is 0 Å². The third kappa shape index (κ3) is 2.75. The van der Waals surface area contributed by atoms with E-state index in [-0.39, 0.29) is 19.2 Å². The maximum absolute atomic E-state index is 10.0. The molecule has 0 radical (unpaired) electrons. The van der Waals surface area contributed by atoms with Gasteiger partial charge in [0, 0.05) is 0 Å². The van der Waals surface area contributed by atoms with Crippen molar-refractivity contribution in [2.24, 2.45) is 0 Å². The van der Waals surface area contributed by atoms with E-state index in [9.17, 15) is 10.2 Å². The molecule has 8 nitrogen and oxygen atoms in total. The molecule has 2 aromatic rings.